The van der Waals surface area contributed by atoms with Gasteiger partial charge in [0.05, 0.1) is 5.54 Å². The molecule has 1 amide bonds. The maximum Gasteiger partial charge on any atom is 0.252 e. The zero-order valence-corrected chi connectivity index (χ0v) is 11.8. The smallest absolute Gasteiger partial charge is 0.252 e. The van der Waals surface area contributed by atoms with Crippen LogP contribution in [0.25, 0.3) is 10.8 Å². The minimum Gasteiger partial charge on any atom is -0.339 e. The van der Waals surface area contributed by atoms with Crippen LogP contribution in [0, 0.1) is 0 Å². The Labute approximate surface area is 123 Å². The van der Waals surface area contributed by atoms with Gasteiger partial charge in [-0.1, -0.05) is 60.7 Å². The van der Waals surface area contributed by atoms with Gasteiger partial charge in [0.2, 0.25) is 0 Å². The van der Waals surface area contributed by atoms with Crippen LogP contribution >= 0.6 is 0 Å². The Morgan fingerprint density at radius 3 is 2.38 bits per heavy atom. The molecular weight excluding hydrogens is 258 g/mol. The van der Waals surface area contributed by atoms with E-state index >= 15 is 0 Å². The van der Waals surface area contributed by atoms with Crippen molar-refractivity contribution in [3.63, 3.8) is 0 Å². The minimum atomic E-state index is -0.478. The average molecular weight is 273 g/mol. The number of nitrogens with one attached hydrogen (secondary N) is 1. The summed E-state index contributed by atoms with van der Waals surface area (Å²) in [6.07, 6.45) is 0. The molecule has 1 aliphatic heterocycles. The van der Waals surface area contributed by atoms with Gasteiger partial charge in [-0.3, -0.25) is 4.79 Å². The molecule has 1 N–H and O–H groups in total. The van der Waals surface area contributed by atoms with Crippen LogP contribution in [0.5, 0.6) is 0 Å². The zero-order valence-electron chi connectivity index (χ0n) is 11.8. The number of carbonyl (C=O) groups excluding carboxylic acids is 1. The van der Waals surface area contributed by atoms with Crippen molar-refractivity contribution in [1.82, 2.24) is 5.32 Å². The molecule has 0 unspecified atom stereocenters. The molecule has 3 aromatic carbocycles. The summed E-state index contributed by atoms with van der Waals surface area (Å²) in [4.78, 5) is 12.4. The molecule has 0 fully saturated rings. The van der Waals surface area contributed by atoms with E-state index in [9.17, 15) is 4.79 Å². The normalized spacial score (nSPS) is 20.3. The van der Waals surface area contributed by atoms with E-state index in [1.165, 1.54) is 0 Å². The van der Waals surface area contributed by atoms with Crippen LogP contribution < -0.4 is 5.32 Å². The van der Waals surface area contributed by atoms with E-state index in [1.807, 2.05) is 42.5 Å². The van der Waals surface area contributed by atoms with E-state index in [1.54, 1.807) is 0 Å². The molecule has 21 heavy (non-hydrogen) atoms. The molecule has 0 aromatic heterocycles. The Morgan fingerprint density at radius 1 is 0.857 bits per heavy atom. The van der Waals surface area contributed by atoms with Gasteiger partial charge in [0.15, 0.2) is 0 Å². The highest BCUT2D eigenvalue weighted by Gasteiger charge is 2.41. The van der Waals surface area contributed by atoms with Gasteiger partial charge < -0.3 is 5.32 Å². The van der Waals surface area contributed by atoms with Crippen molar-refractivity contribution in [2.24, 2.45) is 0 Å². The van der Waals surface area contributed by atoms with Crippen molar-refractivity contribution >= 4 is 16.7 Å². The molecule has 1 heterocycles. The van der Waals surface area contributed by atoms with E-state index < -0.39 is 5.54 Å². The second-order valence-electron chi connectivity index (χ2n) is 5.65. The Hall–Kier alpha value is -2.61. The maximum absolute atomic E-state index is 12.4. The number of amides is 1. The number of hydrogen-bond donors (Lipinski definition) is 1. The first kappa shape index (κ1) is 12.2. The monoisotopic (exact) mass is 273 g/mol. The Morgan fingerprint density at radius 2 is 1.57 bits per heavy atom. The topological polar surface area (TPSA) is 29.1 Å². The predicted molar refractivity (Wildman–Crippen MR) is 84.3 cm³/mol. The van der Waals surface area contributed by atoms with E-state index in [4.69, 9.17) is 0 Å². The summed E-state index contributed by atoms with van der Waals surface area (Å²) in [6.45, 7) is 2.08. The largest absolute Gasteiger partial charge is 0.339 e. The number of carbonyl (C=O) groups is 1. The molecule has 1 aliphatic rings. The predicted octanol–water partition coefficient (Wildman–Crippen LogP) is 3.85. The molecule has 0 spiro atoms. The van der Waals surface area contributed by atoms with Crippen LogP contribution in [0.4, 0.5) is 0 Å². The highest BCUT2D eigenvalue weighted by atomic mass is 16.2. The molecule has 102 valence electrons. The Balaban J connectivity index is 2.09. The van der Waals surface area contributed by atoms with E-state index in [0.717, 1.165) is 27.5 Å². The van der Waals surface area contributed by atoms with Crippen molar-refractivity contribution < 1.29 is 4.79 Å². The van der Waals surface area contributed by atoms with Crippen molar-refractivity contribution in [2.45, 2.75) is 12.5 Å². The van der Waals surface area contributed by atoms with Gasteiger partial charge in [0.1, 0.15) is 0 Å². The summed E-state index contributed by atoms with van der Waals surface area (Å²) >= 11 is 0. The lowest BCUT2D eigenvalue weighted by Crippen LogP contribution is -2.37. The molecule has 2 nitrogen and oxygen atoms in total. The molecular formula is C19H15NO. The van der Waals surface area contributed by atoms with Crippen LogP contribution in [0.15, 0.2) is 66.7 Å². The number of rotatable bonds is 1. The standard InChI is InChI=1S/C19H15NO/c1-19(14-8-3-2-4-9-14)17-15-10-6-5-7-13(15)11-12-16(17)18(21)20-19/h2-12H,1H3,(H,20,21)/t19-/m1/s1. The van der Waals surface area contributed by atoms with Crippen LogP contribution in [-0.2, 0) is 5.54 Å². The Kier molecular flexibility index (Phi) is 2.43. The lowest BCUT2D eigenvalue weighted by atomic mass is 9.82. The summed E-state index contributed by atoms with van der Waals surface area (Å²) < 4.78 is 0. The van der Waals surface area contributed by atoms with Crippen molar-refractivity contribution in [2.75, 3.05) is 0 Å². The van der Waals surface area contributed by atoms with Crippen LogP contribution in [0.1, 0.15) is 28.4 Å². The third-order valence-electron chi connectivity index (χ3n) is 4.39. The maximum atomic E-state index is 12.4. The molecule has 0 saturated heterocycles. The molecule has 0 bridgehead atoms. The fourth-order valence-electron chi connectivity index (χ4n) is 3.34. The first-order chi connectivity index (χ1) is 10.2. The zero-order chi connectivity index (χ0) is 14.4. The highest BCUT2D eigenvalue weighted by Crippen LogP contribution is 2.40. The molecule has 1 atom stereocenters. The Bertz CT molecular complexity index is 854. The SMILES string of the molecule is C[C@]1(c2ccccc2)NC(=O)c2ccc3ccccc3c21. The fourth-order valence-corrected chi connectivity index (χ4v) is 3.34. The van der Waals surface area contributed by atoms with Crippen molar-refractivity contribution in [3.8, 4) is 0 Å². The van der Waals surface area contributed by atoms with Crippen molar-refractivity contribution in [1.29, 1.82) is 0 Å². The van der Waals surface area contributed by atoms with Gasteiger partial charge in [0.25, 0.3) is 5.91 Å². The van der Waals surface area contributed by atoms with Crippen LogP contribution in [-0.4, -0.2) is 5.91 Å². The second-order valence-corrected chi connectivity index (χ2v) is 5.65. The molecule has 0 radical (unpaired) electrons. The van der Waals surface area contributed by atoms with Gasteiger partial charge in [-0.15, -0.1) is 0 Å². The minimum absolute atomic E-state index is 0.00195. The molecule has 3 aromatic rings. The van der Waals surface area contributed by atoms with Crippen molar-refractivity contribution in [3.05, 3.63) is 83.4 Å². The molecule has 0 saturated carbocycles. The van der Waals surface area contributed by atoms with Gasteiger partial charge >= 0.3 is 0 Å². The third-order valence-corrected chi connectivity index (χ3v) is 4.39. The first-order valence-corrected chi connectivity index (χ1v) is 7.10. The average Bonchev–Trinajstić information content (AvgIpc) is 2.81. The quantitative estimate of drug-likeness (QED) is 0.717. The summed E-state index contributed by atoms with van der Waals surface area (Å²) in [5.41, 5.74) is 2.49. The van der Waals surface area contributed by atoms with Gasteiger partial charge in [-0.05, 0) is 29.3 Å². The van der Waals surface area contributed by atoms with Gasteiger partial charge in [0, 0.05) is 11.1 Å². The lowest BCUT2D eigenvalue weighted by Gasteiger charge is -2.27. The summed E-state index contributed by atoms with van der Waals surface area (Å²) in [6, 6.07) is 22.3. The van der Waals surface area contributed by atoms with E-state index in [0.29, 0.717) is 0 Å². The molecule has 0 aliphatic carbocycles. The van der Waals surface area contributed by atoms with E-state index in [-0.39, 0.29) is 5.91 Å². The first-order valence-electron chi connectivity index (χ1n) is 7.10. The molecule has 4 rings (SSSR count). The lowest BCUT2D eigenvalue weighted by molar-refractivity contribution is 0.0945. The van der Waals surface area contributed by atoms with E-state index in [2.05, 4.69) is 36.5 Å². The molecule has 2 heteroatoms. The summed E-state index contributed by atoms with van der Waals surface area (Å²) in [7, 11) is 0. The number of benzene rings is 3. The highest BCUT2D eigenvalue weighted by molar-refractivity contribution is 6.06. The second kappa shape index (κ2) is 4.19. The van der Waals surface area contributed by atoms with Crippen LogP contribution in [0.3, 0.4) is 0 Å². The fraction of sp³-hybridized carbons (Fsp3) is 0.105. The summed E-state index contributed by atoms with van der Waals surface area (Å²) in [5.74, 6) is 0.00195. The third kappa shape index (κ3) is 1.62. The number of fused-ring (bicyclic) bond motifs is 3. The van der Waals surface area contributed by atoms with Gasteiger partial charge in [-0.2, -0.15) is 0 Å². The number of hydrogen-bond acceptors (Lipinski definition) is 1. The van der Waals surface area contributed by atoms with Gasteiger partial charge in [-0.25, -0.2) is 0 Å². The van der Waals surface area contributed by atoms with Crippen LogP contribution in [0.2, 0.25) is 0 Å². The summed E-state index contributed by atoms with van der Waals surface area (Å²) in [5, 5.41) is 5.47.